The topological polar surface area (TPSA) is 56.5 Å². The summed E-state index contributed by atoms with van der Waals surface area (Å²) in [5.74, 6) is 0. The summed E-state index contributed by atoms with van der Waals surface area (Å²) < 4.78 is 10.2. The van der Waals surface area contributed by atoms with Gasteiger partial charge in [-0.15, -0.1) is 0 Å². The molecule has 86 valence electrons. The Balaban J connectivity index is 3.85. The number of hydrogen-bond acceptors (Lipinski definition) is 4. The lowest BCUT2D eigenvalue weighted by atomic mass is 9.98. The van der Waals surface area contributed by atoms with Crippen LogP contribution in [0.4, 0.5) is 0 Å². The van der Waals surface area contributed by atoms with Gasteiger partial charge in [0.1, 0.15) is 0 Å². The van der Waals surface area contributed by atoms with Gasteiger partial charge in [0.25, 0.3) is 0 Å². The minimum absolute atomic E-state index is 0.0528. The molecule has 2 atom stereocenters. The fraction of sp³-hybridized carbons (Fsp3) is 1.00. The van der Waals surface area contributed by atoms with Gasteiger partial charge in [-0.1, -0.05) is 0 Å². The SMILES string of the molecule is COCCC(C)(CN)NCC(C)OC. The van der Waals surface area contributed by atoms with Crippen LogP contribution in [0.1, 0.15) is 20.3 Å². The first kappa shape index (κ1) is 13.8. The minimum atomic E-state index is -0.0528. The van der Waals surface area contributed by atoms with Crippen molar-refractivity contribution < 1.29 is 9.47 Å². The summed E-state index contributed by atoms with van der Waals surface area (Å²) >= 11 is 0. The zero-order valence-electron chi connectivity index (χ0n) is 9.80. The molecule has 0 rings (SSSR count). The van der Waals surface area contributed by atoms with Crippen LogP contribution in [0.25, 0.3) is 0 Å². The van der Waals surface area contributed by atoms with Crippen molar-refractivity contribution in [1.82, 2.24) is 5.32 Å². The quantitative estimate of drug-likeness (QED) is 0.599. The molecule has 0 heterocycles. The van der Waals surface area contributed by atoms with E-state index >= 15 is 0 Å². The van der Waals surface area contributed by atoms with Crippen LogP contribution in [0.2, 0.25) is 0 Å². The highest BCUT2D eigenvalue weighted by molar-refractivity contribution is 4.84. The van der Waals surface area contributed by atoms with Gasteiger partial charge in [-0.25, -0.2) is 0 Å². The highest BCUT2D eigenvalue weighted by Gasteiger charge is 2.21. The smallest absolute Gasteiger partial charge is 0.0667 e. The Morgan fingerprint density at radius 3 is 2.50 bits per heavy atom. The Hall–Kier alpha value is -0.160. The first-order valence-corrected chi connectivity index (χ1v) is 5.05. The summed E-state index contributed by atoms with van der Waals surface area (Å²) in [7, 11) is 3.41. The molecule has 0 aromatic heterocycles. The maximum atomic E-state index is 5.72. The molecule has 0 aliphatic heterocycles. The van der Waals surface area contributed by atoms with Gasteiger partial charge in [0.15, 0.2) is 0 Å². The molecule has 14 heavy (non-hydrogen) atoms. The van der Waals surface area contributed by atoms with E-state index in [1.165, 1.54) is 0 Å². The second kappa shape index (κ2) is 7.17. The molecule has 0 aliphatic rings. The molecule has 0 aliphatic carbocycles. The zero-order valence-corrected chi connectivity index (χ0v) is 9.80. The van der Waals surface area contributed by atoms with Crippen molar-refractivity contribution in [3.63, 3.8) is 0 Å². The summed E-state index contributed by atoms with van der Waals surface area (Å²) in [5.41, 5.74) is 5.66. The third-order valence-electron chi connectivity index (χ3n) is 2.53. The molecular weight excluding hydrogens is 180 g/mol. The van der Waals surface area contributed by atoms with Gasteiger partial charge in [-0.05, 0) is 20.3 Å². The lowest BCUT2D eigenvalue weighted by molar-refractivity contribution is 0.101. The third kappa shape index (κ3) is 5.54. The summed E-state index contributed by atoms with van der Waals surface area (Å²) in [6.07, 6.45) is 1.12. The second-order valence-corrected chi connectivity index (χ2v) is 3.93. The van der Waals surface area contributed by atoms with E-state index in [0.717, 1.165) is 19.6 Å². The highest BCUT2D eigenvalue weighted by Crippen LogP contribution is 2.07. The normalized spacial score (nSPS) is 17.8. The Labute approximate surface area is 87.1 Å². The van der Waals surface area contributed by atoms with Crippen molar-refractivity contribution in [3.05, 3.63) is 0 Å². The van der Waals surface area contributed by atoms with Crippen molar-refractivity contribution in [3.8, 4) is 0 Å². The molecule has 0 spiro atoms. The number of rotatable bonds is 8. The lowest BCUT2D eigenvalue weighted by Crippen LogP contribution is -2.51. The molecule has 0 bridgehead atoms. The Kier molecular flexibility index (Phi) is 7.09. The predicted octanol–water partition coefficient (Wildman–Crippen LogP) is 0.365. The maximum absolute atomic E-state index is 5.72. The Bertz CT molecular complexity index is 144. The molecule has 4 nitrogen and oxygen atoms in total. The second-order valence-electron chi connectivity index (χ2n) is 3.93. The molecule has 4 heteroatoms. The van der Waals surface area contributed by atoms with E-state index in [4.69, 9.17) is 15.2 Å². The summed E-state index contributed by atoms with van der Waals surface area (Å²) in [5, 5.41) is 3.40. The first-order chi connectivity index (χ1) is 6.58. The van der Waals surface area contributed by atoms with E-state index < -0.39 is 0 Å². The van der Waals surface area contributed by atoms with E-state index in [1.807, 2.05) is 6.92 Å². The number of nitrogens with two attached hydrogens (primary N) is 1. The van der Waals surface area contributed by atoms with E-state index in [1.54, 1.807) is 14.2 Å². The summed E-state index contributed by atoms with van der Waals surface area (Å²) in [6, 6.07) is 0. The molecule has 0 saturated carbocycles. The van der Waals surface area contributed by atoms with Crippen molar-refractivity contribution in [2.45, 2.75) is 31.9 Å². The number of ether oxygens (including phenoxy) is 2. The van der Waals surface area contributed by atoms with Crippen molar-refractivity contribution in [2.75, 3.05) is 33.9 Å². The van der Waals surface area contributed by atoms with E-state index in [-0.39, 0.29) is 11.6 Å². The highest BCUT2D eigenvalue weighted by atomic mass is 16.5. The molecule has 0 radical (unpaired) electrons. The van der Waals surface area contributed by atoms with Crippen molar-refractivity contribution in [2.24, 2.45) is 5.73 Å². The van der Waals surface area contributed by atoms with Gasteiger partial charge in [0.2, 0.25) is 0 Å². The molecule has 3 N–H and O–H groups in total. The lowest BCUT2D eigenvalue weighted by Gasteiger charge is -2.30. The summed E-state index contributed by atoms with van der Waals surface area (Å²) in [6.45, 7) is 6.28. The fourth-order valence-electron chi connectivity index (χ4n) is 1.06. The molecule has 2 unspecified atom stereocenters. The fourth-order valence-corrected chi connectivity index (χ4v) is 1.06. The Morgan fingerprint density at radius 2 is 2.07 bits per heavy atom. The Morgan fingerprint density at radius 1 is 1.43 bits per heavy atom. The monoisotopic (exact) mass is 204 g/mol. The zero-order chi connectivity index (χ0) is 11.0. The maximum Gasteiger partial charge on any atom is 0.0667 e. The van der Waals surface area contributed by atoms with Crippen LogP contribution < -0.4 is 11.1 Å². The van der Waals surface area contributed by atoms with Crippen LogP contribution in [-0.4, -0.2) is 45.6 Å². The van der Waals surface area contributed by atoms with Crippen LogP contribution in [-0.2, 0) is 9.47 Å². The average Bonchev–Trinajstić information content (AvgIpc) is 2.23. The minimum Gasteiger partial charge on any atom is -0.385 e. The largest absolute Gasteiger partial charge is 0.385 e. The van der Waals surface area contributed by atoms with Crippen LogP contribution in [0.3, 0.4) is 0 Å². The van der Waals surface area contributed by atoms with Crippen LogP contribution in [0.5, 0.6) is 0 Å². The van der Waals surface area contributed by atoms with Gasteiger partial charge < -0.3 is 20.5 Å². The van der Waals surface area contributed by atoms with Gasteiger partial charge in [-0.3, -0.25) is 0 Å². The predicted molar refractivity (Wildman–Crippen MR) is 58.4 cm³/mol. The molecule has 0 aromatic rings. The van der Waals surface area contributed by atoms with E-state index in [2.05, 4.69) is 12.2 Å². The molecule has 0 aromatic carbocycles. The van der Waals surface area contributed by atoms with E-state index in [9.17, 15) is 0 Å². The van der Waals surface area contributed by atoms with Gasteiger partial charge in [0, 0.05) is 39.5 Å². The number of hydrogen-bond donors (Lipinski definition) is 2. The molecule has 0 fully saturated rings. The molecule has 0 saturated heterocycles. The van der Waals surface area contributed by atoms with E-state index in [0.29, 0.717) is 6.54 Å². The van der Waals surface area contributed by atoms with Gasteiger partial charge in [-0.2, -0.15) is 0 Å². The van der Waals surface area contributed by atoms with Gasteiger partial charge >= 0.3 is 0 Å². The number of methoxy groups -OCH3 is 2. The standard InChI is InChI=1S/C10H24N2O2/c1-9(14-4)7-12-10(2,8-11)5-6-13-3/h9,12H,5-8,11H2,1-4H3. The average molecular weight is 204 g/mol. The van der Waals surface area contributed by atoms with Crippen LogP contribution in [0, 0.1) is 0 Å². The van der Waals surface area contributed by atoms with Gasteiger partial charge in [0.05, 0.1) is 6.10 Å². The number of nitrogens with one attached hydrogen (secondary N) is 1. The first-order valence-electron chi connectivity index (χ1n) is 5.05. The van der Waals surface area contributed by atoms with Crippen LogP contribution >= 0.6 is 0 Å². The third-order valence-corrected chi connectivity index (χ3v) is 2.53. The molecular formula is C10H24N2O2. The van der Waals surface area contributed by atoms with Crippen molar-refractivity contribution >= 4 is 0 Å². The van der Waals surface area contributed by atoms with Crippen molar-refractivity contribution in [1.29, 1.82) is 0 Å². The van der Waals surface area contributed by atoms with Crippen LogP contribution in [0.15, 0.2) is 0 Å². The molecule has 0 amide bonds. The summed E-state index contributed by atoms with van der Waals surface area (Å²) in [4.78, 5) is 0.